The Labute approximate surface area is 80.6 Å². The van der Waals surface area contributed by atoms with Crippen molar-refractivity contribution in [3.05, 3.63) is 17.3 Å². The van der Waals surface area contributed by atoms with Gasteiger partial charge in [0.1, 0.15) is 11.3 Å². The smallest absolute Gasteiger partial charge is 0.217 e. The number of rotatable bonds is 2. The van der Waals surface area contributed by atoms with Crippen LogP contribution in [0.25, 0.3) is 0 Å². The van der Waals surface area contributed by atoms with Crippen LogP contribution in [0, 0.1) is 0 Å². The Hall–Kier alpha value is -1.00. The number of ether oxygens (including phenoxy) is 2. The first-order valence-electron chi connectivity index (χ1n) is 3.91. The first-order chi connectivity index (χ1) is 6.24. The molecule has 0 aromatic carbocycles. The fourth-order valence-electron chi connectivity index (χ4n) is 1.00. The highest BCUT2D eigenvalue weighted by Crippen LogP contribution is 2.20. The van der Waals surface area contributed by atoms with Crippen LogP contribution < -0.4 is 10.5 Å². The van der Waals surface area contributed by atoms with Gasteiger partial charge in [-0.1, -0.05) is 11.6 Å². The summed E-state index contributed by atoms with van der Waals surface area (Å²) in [4.78, 5) is 3.96. The monoisotopic (exact) mass is 200 g/mol. The van der Waals surface area contributed by atoms with Crippen molar-refractivity contribution in [3.8, 4) is 5.88 Å². The van der Waals surface area contributed by atoms with Crippen molar-refractivity contribution in [2.45, 2.75) is 6.10 Å². The molecule has 4 nitrogen and oxygen atoms in total. The first kappa shape index (κ1) is 8.59. The number of nitrogens with two attached hydrogens (primary N) is 1. The minimum atomic E-state index is 0.0883. The summed E-state index contributed by atoms with van der Waals surface area (Å²) >= 11 is 5.69. The van der Waals surface area contributed by atoms with Crippen molar-refractivity contribution < 1.29 is 9.47 Å². The molecule has 0 bridgehead atoms. The molecule has 0 spiro atoms. The van der Waals surface area contributed by atoms with E-state index in [0.29, 0.717) is 29.9 Å². The summed E-state index contributed by atoms with van der Waals surface area (Å²) in [5.74, 6) is 0.457. The van der Waals surface area contributed by atoms with E-state index in [1.54, 1.807) is 12.1 Å². The van der Waals surface area contributed by atoms with Crippen molar-refractivity contribution in [1.29, 1.82) is 0 Å². The Morgan fingerprint density at radius 3 is 2.85 bits per heavy atom. The van der Waals surface area contributed by atoms with E-state index < -0.39 is 0 Å². The van der Waals surface area contributed by atoms with Crippen LogP contribution in [0.15, 0.2) is 12.1 Å². The van der Waals surface area contributed by atoms with E-state index in [1.165, 1.54) is 0 Å². The van der Waals surface area contributed by atoms with Gasteiger partial charge in [-0.3, -0.25) is 0 Å². The summed E-state index contributed by atoms with van der Waals surface area (Å²) in [6.45, 7) is 1.21. The van der Waals surface area contributed by atoms with E-state index >= 15 is 0 Å². The van der Waals surface area contributed by atoms with E-state index in [9.17, 15) is 0 Å². The van der Waals surface area contributed by atoms with E-state index in [-0.39, 0.29) is 6.10 Å². The van der Waals surface area contributed by atoms with Crippen LogP contribution in [0.3, 0.4) is 0 Å². The van der Waals surface area contributed by atoms with Crippen molar-refractivity contribution in [2.75, 3.05) is 18.9 Å². The van der Waals surface area contributed by atoms with Crippen LogP contribution in [0.1, 0.15) is 0 Å². The minimum Gasteiger partial charge on any atom is -0.469 e. The van der Waals surface area contributed by atoms with Gasteiger partial charge in [-0.25, -0.2) is 4.98 Å². The molecule has 0 radical (unpaired) electrons. The Morgan fingerprint density at radius 1 is 1.54 bits per heavy atom. The molecular formula is C8H9ClN2O2. The topological polar surface area (TPSA) is 57.4 Å². The average molecular weight is 201 g/mol. The third-order valence-electron chi connectivity index (χ3n) is 1.69. The first-order valence-corrected chi connectivity index (χ1v) is 4.29. The molecular weight excluding hydrogens is 192 g/mol. The van der Waals surface area contributed by atoms with Crippen LogP contribution in [0.4, 0.5) is 5.69 Å². The van der Waals surface area contributed by atoms with E-state index in [1.807, 2.05) is 0 Å². The zero-order chi connectivity index (χ0) is 9.26. The minimum absolute atomic E-state index is 0.0883. The van der Waals surface area contributed by atoms with Crippen molar-refractivity contribution in [1.82, 2.24) is 4.98 Å². The maximum absolute atomic E-state index is 5.69. The van der Waals surface area contributed by atoms with Gasteiger partial charge in [0.15, 0.2) is 0 Å². The highest BCUT2D eigenvalue weighted by atomic mass is 35.5. The number of halogens is 1. The molecule has 2 N–H and O–H groups in total. The molecule has 0 amide bonds. The molecule has 1 aromatic heterocycles. The molecule has 2 heterocycles. The number of nitrogen functional groups attached to an aromatic ring is 1. The van der Waals surface area contributed by atoms with Gasteiger partial charge < -0.3 is 15.2 Å². The molecule has 1 aliphatic heterocycles. The van der Waals surface area contributed by atoms with Crippen molar-refractivity contribution in [3.63, 3.8) is 0 Å². The third kappa shape index (κ3) is 2.02. The second kappa shape index (κ2) is 3.40. The SMILES string of the molecule is Nc1cc(Cl)nc(OC2COC2)c1. The van der Waals surface area contributed by atoms with E-state index in [4.69, 9.17) is 26.8 Å². The summed E-state index contributed by atoms with van der Waals surface area (Å²) < 4.78 is 10.4. The molecule has 0 saturated carbocycles. The normalized spacial score (nSPS) is 16.7. The highest BCUT2D eigenvalue weighted by molar-refractivity contribution is 6.29. The molecule has 1 aliphatic rings. The predicted molar refractivity (Wildman–Crippen MR) is 48.9 cm³/mol. The summed E-state index contributed by atoms with van der Waals surface area (Å²) in [5, 5.41) is 0.343. The zero-order valence-electron chi connectivity index (χ0n) is 6.87. The fourth-order valence-corrected chi connectivity index (χ4v) is 1.21. The lowest BCUT2D eigenvalue weighted by Gasteiger charge is -2.26. The highest BCUT2D eigenvalue weighted by Gasteiger charge is 2.20. The van der Waals surface area contributed by atoms with Gasteiger partial charge in [0.05, 0.1) is 13.2 Å². The Bertz CT molecular complexity index is 295. The summed E-state index contributed by atoms with van der Waals surface area (Å²) in [7, 11) is 0. The molecule has 5 heteroatoms. The van der Waals surface area contributed by atoms with Gasteiger partial charge in [-0.2, -0.15) is 0 Å². The molecule has 0 unspecified atom stereocenters. The Morgan fingerprint density at radius 2 is 2.31 bits per heavy atom. The summed E-state index contributed by atoms with van der Waals surface area (Å²) in [6, 6.07) is 3.22. The Kier molecular flexibility index (Phi) is 2.24. The van der Waals surface area contributed by atoms with Gasteiger partial charge in [-0.05, 0) is 6.07 Å². The average Bonchev–Trinajstić information content (AvgIpc) is 1.95. The third-order valence-corrected chi connectivity index (χ3v) is 1.88. The number of anilines is 1. The van der Waals surface area contributed by atoms with Gasteiger partial charge in [-0.15, -0.1) is 0 Å². The quantitative estimate of drug-likeness (QED) is 0.727. The molecule has 70 valence electrons. The molecule has 1 saturated heterocycles. The number of hydrogen-bond acceptors (Lipinski definition) is 4. The summed E-state index contributed by atoms with van der Waals surface area (Å²) in [6.07, 6.45) is 0.0883. The van der Waals surface area contributed by atoms with Crippen molar-refractivity contribution in [2.24, 2.45) is 0 Å². The van der Waals surface area contributed by atoms with Crippen LogP contribution in [0.2, 0.25) is 5.15 Å². The van der Waals surface area contributed by atoms with E-state index in [2.05, 4.69) is 4.98 Å². The van der Waals surface area contributed by atoms with E-state index in [0.717, 1.165) is 0 Å². The second-order valence-corrected chi connectivity index (χ2v) is 3.23. The van der Waals surface area contributed by atoms with Crippen LogP contribution in [-0.2, 0) is 4.74 Å². The molecule has 13 heavy (non-hydrogen) atoms. The van der Waals surface area contributed by atoms with Gasteiger partial charge in [0.25, 0.3) is 0 Å². The van der Waals surface area contributed by atoms with Crippen LogP contribution in [-0.4, -0.2) is 24.3 Å². The molecule has 0 atom stereocenters. The largest absolute Gasteiger partial charge is 0.469 e. The van der Waals surface area contributed by atoms with Gasteiger partial charge in [0.2, 0.25) is 5.88 Å². The lowest BCUT2D eigenvalue weighted by Crippen LogP contribution is -2.38. The number of hydrogen-bond donors (Lipinski definition) is 1. The molecule has 1 aromatic rings. The summed E-state index contributed by atoms with van der Waals surface area (Å²) in [5.41, 5.74) is 6.11. The lowest BCUT2D eigenvalue weighted by molar-refractivity contribution is -0.0813. The molecule has 2 rings (SSSR count). The second-order valence-electron chi connectivity index (χ2n) is 2.84. The van der Waals surface area contributed by atoms with Gasteiger partial charge in [0, 0.05) is 11.8 Å². The maximum atomic E-state index is 5.69. The fraction of sp³-hybridized carbons (Fsp3) is 0.375. The number of nitrogens with zero attached hydrogens (tertiary/aromatic N) is 1. The predicted octanol–water partition coefficient (Wildman–Crippen LogP) is 1.09. The standard InChI is InChI=1S/C8H9ClN2O2/c9-7-1-5(10)2-8(11-7)13-6-3-12-4-6/h1-2,6H,3-4H2,(H2,10,11). The Balaban J connectivity index is 2.10. The lowest BCUT2D eigenvalue weighted by atomic mass is 10.3. The zero-order valence-corrected chi connectivity index (χ0v) is 7.62. The van der Waals surface area contributed by atoms with Crippen LogP contribution >= 0.6 is 11.6 Å². The number of aromatic nitrogens is 1. The number of pyridine rings is 1. The van der Waals surface area contributed by atoms with Crippen LogP contribution in [0.5, 0.6) is 5.88 Å². The maximum Gasteiger partial charge on any atom is 0.217 e. The molecule has 0 aliphatic carbocycles. The molecule has 1 fully saturated rings. The van der Waals surface area contributed by atoms with Gasteiger partial charge >= 0.3 is 0 Å². The van der Waals surface area contributed by atoms with Crippen molar-refractivity contribution >= 4 is 17.3 Å².